The van der Waals surface area contributed by atoms with Crippen LogP contribution in [0, 0.1) is 0 Å². The van der Waals surface area contributed by atoms with Crippen molar-refractivity contribution in [3.8, 4) is 5.75 Å². The van der Waals surface area contributed by atoms with Crippen molar-refractivity contribution in [1.82, 2.24) is 5.32 Å². The number of hydrogen-bond acceptors (Lipinski definition) is 2. The highest BCUT2D eigenvalue weighted by Gasteiger charge is 2.25. The van der Waals surface area contributed by atoms with E-state index in [0.29, 0.717) is 5.92 Å². The molecule has 1 aromatic carbocycles. The summed E-state index contributed by atoms with van der Waals surface area (Å²) in [5, 5.41) is 3.45. The molecule has 0 atom stereocenters. The van der Waals surface area contributed by atoms with Gasteiger partial charge in [-0.3, -0.25) is 0 Å². The zero-order valence-corrected chi connectivity index (χ0v) is 10.6. The third-order valence-electron chi connectivity index (χ3n) is 4.25. The lowest BCUT2D eigenvalue weighted by Crippen LogP contribution is -2.27. The van der Waals surface area contributed by atoms with Crippen LogP contribution in [0.4, 0.5) is 0 Å². The monoisotopic (exact) mass is 231 g/mol. The Morgan fingerprint density at radius 2 is 2.00 bits per heavy atom. The minimum Gasteiger partial charge on any atom is -0.496 e. The van der Waals surface area contributed by atoms with E-state index in [2.05, 4.69) is 17.4 Å². The van der Waals surface area contributed by atoms with Gasteiger partial charge in [-0.1, -0.05) is 6.07 Å². The van der Waals surface area contributed by atoms with Crippen LogP contribution in [0.2, 0.25) is 0 Å². The van der Waals surface area contributed by atoms with Crippen LogP contribution in [0.15, 0.2) is 12.1 Å². The number of rotatable bonds is 2. The van der Waals surface area contributed by atoms with Crippen molar-refractivity contribution in [2.45, 2.75) is 38.0 Å². The second-order valence-corrected chi connectivity index (χ2v) is 5.20. The fourth-order valence-electron chi connectivity index (χ4n) is 3.41. The molecule has 1 aliphatic carbocycles. The van der Waals surface area contributed by atoms with E-state index in [9.17, 15) is 0 Å². The van der Waals surface area contributed by atoms with Crippen LogP contribution in [-0.4, -0.2) is 20.2 Å². The molecule has 1 aliphatic heterocycles. The van der Waals surface area contributed by atoms with Crippen LogP contribution in [-0.2, 0) is 12.8 Å². The molecule has 0 spiro atoms. The number of fused-ring (bicyclic) bond motifs is 1. The molecule has 2 heteroatoms. The van der Waals surface area contributed by atoms with E-state index in [1.54, 1.807) is 18.2 Å². The summed E-state index contributed by atoms with van der Waals surface area (Å²) >= 11 is 0. The summed E-state index contributed by atoms with van der Waals surface area (Å²) in [4.78, 5) is 0. The largest absolute Gasteiger partial charge is 0.496 e. The molecule has 3 rings (SSSR count). The van der Waals surface area contributed by atoms with Crippen molar-refractivity contribution in [2.75, 3.05) is 20.2 Å². The van der Waals surface area contributed by atoms with Crippen LogP contribution in [0.1, 0.15) is 41.9 Å². The molecular weight excluding hydrogens is 210 g/mol. The average molecular weight is 231 g/mol. The Hall–Kier alpha value is -1.02. The highest BCUT2D eigenvalue weighted by molar-refractivity contribution is 5.49. The standard InChI is InChI=1S/C15H21NO/c1-17-14-6-5-11-3-2-4-13(11)15(14)12-7-9-16-10-8-12/h5-6,12,16H,2-4,7-10H2,1H3. The zero-order valence-electron chi connectivity index (χ0n) is 10.6. The van der Waals surface area contributed by atoms with Crippen LogP contribution in [0.25, 0.3) is 0 Å². The second kappa shape index (κ2) is 4.69. The lowest BCUT2D eigenvalue weighted by Gasteiger charge is -2.26. The number of aryl methyl sites for hydroxylation is 1. The number of benzene rings is 1. The molecule has 0 amide bonds. The predicted molar refractivity (Wildman–Crippen MR) is 69.9 cm³/mol. The molecule has 1 heterocycles. The van der Waals surface area contributed by atoms with E-state index < -0.39 is 0 Å². The lowest BCUT2D eigenvalue weighted by atomic mass is 9.85. The van der Waals surface area contributed by atoms with Crippen molar-refractivity contribution in [1.29, 1.82) is 0 Å². The molecular formula is C15H21NO. The summed E-state index contributed by atoms with van der Waals surface area (Å²) in [7, 11) is 1.81. The fraction of sp³-hybridized carbons (Fsp3) is 0.600. The van der Waals surface area contributed by atoms with Gasteiger partial charge in [0, 0.05) is 5.56 Å². The van der Waals surface area contributed by atoms with Crippen LogP contribution in [0.3, 0.4) is 0 Å². The maximum absolute atomic E-state index is 5.60. The second-order valence-electron chi connectivity index (χ2n) is 5.20. The minimum absolute atomic E-state index is 0.708. The topological polar surface area (TPSA) is 21.3 Å². The molecule has 1 saturated heterocycles. The molecule has 92 valence electrons. The first-order chi connectivity index (χ1) is 8.40. The van der Waals surface area contributed by atoms with E-state index >= 15 is 0 Å². The summed E-state index contributed by atoms with van der Waals surface area (Å²) in [6.45, 7) is 2.30. The normalized spacial score (nSPS) is 20.3. The summed E-state index contributed by atoms with van der Waals surface area (Å²) in [6.07, 6.45) is 6.35. The number of hydrogen-bond donors (Lipinski definition) is 1. The van der Waals surface area contributed by atoms with Crippen molar-refractivity contribution >= 4 is 0 Å². The Morgan fingerprint density at radius 3 is 2.76 bits per heavy atom. The molecule has 1 fully saturated rings. The summed E-state index contributed by atoms with van der Waals surface area (Å²) in [5.41, 5.74) is 4.71. The molecule has 0 radical (unpaired) electrons. The summed E-state index contributed by atoms with van der Waals surface area (Å²) < 4.78 is 5.60. The first kappa shape index (κ1) is 11.1. The SMILES string of the molecule is COc1ccc2c(c1C1CCNCC1)CCC2. The first-order valence-corrected chi connectivity index (χ1v) is 6.79. The molecule has 1 N–H and O–H groups in total. The third kappa shape index (κ3) is 1.95. The summed E-state index contributed by atoms with van der Waals surface area (Å²) in [5.74, 6) is 1.83. The number of ether oxygens (including phenoxy) is 1. The van der Waals surface area contributed by atoms with Gasteiger partial charge in [0.05, 0.1) is 7.11 Å². The van der Waals surface area contributed by atoms with Gasteiger partial charge in [-0.15, -0.1) is 0 Å². The van der Waals surface area contributed by atoms with Gasteiger partial charge in [-0.2, -0.15) is 0 Å². The third-order valence-corrected chi connectivity index (χ3v) is 4.25. The highest BCUT2D eigenvalue weighted by atomic mass is 16.5. The van der Waals surface area contributed by atoms with Crippen molar-refractivity contribution in [2.24, 2.45) is 0 Å². The van der Waals surface area contributed by atoms with Gasteiger partial charge in [0.25, 0.3) is 0 Å². The average Bonchev–Trinajstić information content (AvgIpc) is 2.86. The van der Waals surface area contributed by atoms with E-state index in [1.807, 2.05) is 0 Å². The molecule has 0 saturated carbocycles. The van der Waals surface area contributed by atoms with Crippen LogP contribution >= 0.6 is 0 Å². The van der Waals surface area contributed by atoms with E-state index in [0.717, 1.165) is 18.8 Å². The molecule has 17 heavy (non-hydrogen) atoms. The molecule has 1 aromatic rings. The van der Waals surface area contributed by atoms with Crippen molar-refractivity contribution in [3.05, 3.63) is 28.8 Å². The van der Waals surface area contributed by atoms with E-state index in [1.165, 1.54) is 37.7 Å². The fourth-order valence-corrected chi connectivity index (χ4v) is 3.41. The highest BCUT2D eigenvalue weighted by Crippen LogP contribution is 2.40. The maximum atomic E-state index is 5.60. The molecule has 0 aromatic heterocycles. The quantitative estimate of drug-likeness (QED) is 0.845. The smallest absolute Gasteiger partial charge is 0.122 e. The zero-order chi connectivity index (χ0) is 11.7. The molecule has 0 bridgehead atoms. The number of nitrogens with one attached hydrogen (secondary N) is 1. The molecule has 0 unspecified atom stereocenters. The van der Waals surface area contributed by atoms with E-state index in [4.69, 9.17) is 4.74 Å². The van der Waals surface area contributed by atoms with Gasteiger partial charge < -0.3 is 10.1 Å². The molecule has 2 aliphatic rings. The van der Waals surface area contributed by atoms with Gasteiger partial charge >= 0.3 is 0 Å². The van der Waals surface area contributed by atoms with Crippen molar-refractivity contribution < 1.29 is 4.74 Å². The Bertz CT molecular complexity index is 408. The Balaban J connectivity index is 2.02. The Morgan fingerprint density at radius 1 is 1.18 bits per heavy atom. The van der Waals surface area contributed by atoms with Gasteiger partial charge in [0.2, 0.25) is 0 Å². The van der Waals surface area contributed by atoms with Gasteiger partial charge in [-0.25, -0.2) is 0 Å². The number of methoxy groups -OCH3 is 1. The van der Waals surface area contributed by atoms with Gasteiger partial charge in [0.1, 0.15) is 5.75 Å². The van der Waals surface area contributed by atoms with E-state index in [-0.39, 0.29) is 0 Å². The number of piperidine rings is 1. The van der Waals surface area contributed by atoms with Crippen molar-refractivity contribution in [3.63, 3.8) is 0 Å². The lowest BCUT2D eigenvalue weighted by molar-refractivity contribution is 0.390. The van der Waals surface area contributed by atoms with Crippen LogP contribution in [0.5, 0.6) is 5.75 Å². The molecule has 2 nitrogen and oxygen atoms in total. The first-order valence-electron chi connectivity index (χ1n) is 6.79. The maximum Gasteiger partial charge on any atom is 0.122 e. The predicted octanol–water partition coefficient (Wildman–Crippen LogP) is 2.65. The Kier molecular flexibility index (Phi) is 3.06. The van der Waals surface area contributed by atoms with Gasteiger partial charge in [0.15, 0.2) is 0 Å². The summed E-state index contributed by atoms with van der Waals surface area (Å²) in [6, 6.07) is 4.45. The van der Waals surface area contributed by atoms with Crippen LogP contribution < -0.4 is 10.1 Å². The minimum atomic E-state index is 0.708. The Labute approximate surface area is 103 Å². The van der Waals surface area contributed by atoms with Gasteiger partial charge in [-0.05, 0) is 68.3 Å².